The van der Waals surface area contributed by atoms with E-state index in [1.165, 1.54) is 0 Å². The van der Waals surface area contributed by atoms with Gasteiger partial charge in [0.25, 0.3) is 0 Å². The van der Waals surface area contributed by atoms with E-state index in [1.54, 1.807) is 50.5 Å². The molecule has 0 aromatic heterocycles. The maximum atomic E-state index is 12.0. The Morgan fingerprint density at radius 1 is 0.608 bits per heavy atom. The third-order valence-corrected chi connectivity index (χ3v) is 8.10. The van der Waals surface area contributed by atoms with Gasteiger partial charge in [-0.15, -0.1) is 0 Å². The number of carbonyl (C=O) groups excluding carboxylic acids is 5. The molecule has 2 fully saturated rings. The third-order valence-electron chi connectivity index (χ3n) is 6.15. The second-order valence-electron chi connectivity index (χ2n) is 16.0. The SMILES string of the molecule is CC(C)(C)OC(=O)C=C1CCN(C(=O)OC(C)(C)C)CC1.CC(C)(C)OC(=O)N1CCC(=O)CC1.CCOP(=O)(CC(=O)OC(C)(C)C)OCC. The van der Waals surface area contributed by atoms with Crippen molar-refractivity contribution in [3.8, 4) is 0 Å². The molecule has 0 unspecified atom stereocenters. The molecular formula is C36H65N2O12P. The highest BCUT2D eigenvalue weighted by Crippen LogP contribution is 2.48. The van der Waals surface area contributed by atoms with Gasteiger partial charge >= 0.3 is 31.7 Å². The molecule has 0 saturated carbocycles. The van der Waals surface area contributed by atoms with Crippen LogP contribution in [-0.2, 0) is 46.9 Å². The first kappa shape index (κ1) is 48.0. The molecule has 0 aromatic rings. The summed E-state index contributed by atoms with van der Waals surface area (Å²) < 4.78 is 42.8. The maximum Gasteiger partial charge on any atom is 0.410 e. The van der Waals surface area contributed by atoms with E-state index in [4.69, 9.17) is 28.0 Å². The van der Waals surface area contributed by atoms with E-state index in [0.29, 0.717) is 51.9 Å². The molecule has 0 aliphatic carbocycles. The van der Waals surface area contributed by atoms with Crippen molar-refractivity contribution in [2.75, 3.05) is 45.6 Å². The van der Waals surface area contributed by atoms with Crippen molar-refractivity contribution < 1.29 is 56.5 Å². The summed E-state index contributed by atoms with van der Waals surface area (Å²) in [6, 6.07) is 0. The molecule has 2 saturated heterocycles. The minimum atomic E-state index is -3.34. The van der Waals surface area contributed by atoms with E-state index in [2.05, 4.69) is 0 Å². The Kier molecular flexibility index (Phi) is 19.7. The van der Waals surface area contributed by atoms with Gasteiger partial charge in [0.2, 0.25) is 0 Å². The first-order valence-electron chi connectivity index (χ1n) is 17.6. The number of ether oxygens (including phenoxy) is 4. The molecule has 2 rings (SSSR count). The van der Waals surface area contributed by atoms with Crippen LogP contribution in [-0.4, -0.2) is 108 Å². The highest BCUT2D eigenvalue weighted by molar-refractivity contribution is 7.54. The van der Waals surface area contributed by atoms with Crippen LogP contribution in [0.2, 0.25) is 0 Å². The van der Waals surface area contributed by atoms with E-state index < -0.39 is 36.0 Å². The number of rotatable bonds is 7. The summed E-state index contributed by atoms with van der Waals surface area (Å²) in [5.41, 5.74) is -1.00. The van der Waals surface area contributed by atoms with Crippen LogP contribution in [0.5, 0.6) is 0 Å². The Morgan fingerprint density at radius 3 is 1.29 bits per heavy atom. The van der Waals surface area contributed by atoms with Gasteiger partial charge in [-0.2, -0.15) is 0 Å². The molecule has 51 heavy (non-hydrogen) atoms. The molecule has 2 aliphatic rings. The standard InChI is InChI=1S/C16H27NO4.C10H17NO3.C10H21O5P/c1-15(2,3)20-13(18)11-12-7-9-17(10-8-12)14(19)21-16(4,5)6;1-10(2,3)14-9(13)11-6-4-8(12)5-7-11;1-6-13-16(12,14-7-2)8-9(11)15-10(3,4)5/h11H,7-10H2,1-6H3;4-7H2,1-3H3;6-8H2,1-5H3. The van der Waals surface area contributed by atoms with Crippen LogP contribution >= 0.6 is 7.60 Å². The number of amides is 2. The molecule has 0 N–H and O–H groups in total. The summed E-state index contributed by atoms with van der Waals surface area (Å²) in [6.07, 6.45) is 2.88. The van der Waals surface area contributed by atoms with Crippen molar-refractivity contribution in [2.45, 2.75) is 145 Å². The molecule has 14 nitrogen and oxygen atoms in total. The maximum absolute atomic E-state index is 12.0. The van der Waals surface area contributed by atoms with E-state index in [-0.39, 0.29) is 43.3 Å². The van der Waals surface area contributed by atoms with Crippen LogP contribution in [0.1, 0.15) is 123 Å². The average molecular weight is 749 g/mol. The van der Waals surface area contributed by atoms with Crippen molar-refractivity contribution in [1.29, 1.82) is 0 Å². The van der Waals surface area contributed by atoms with Gasteiger partial charge in [0.05, 0.1) is 13.2 Å². The quantitative estimate of drug-likeness (QED) is 0.109. The molecule has 2 aliphatic heterocycles. The van der Waals surface area contributed by atoms with Crippen molar-refractivity contribution in [3.63, 3.8) is 0 Å². The minimum absolute atomic E-state index is 0.227. The normalized spacial score (nSPS) is 15.7. The second-order valence-corrected chi connectivity index (χ2v) is 18.1. The number of carbonyl (C=O) groups is 5. The zero-order valence-electron chi connectivity index (χ0n) is 33.6. The van der Waals surface area contributed by atoms with Crippen LogP contribution in [0.25, 0.3) is 0 Å². The van der Waals surface area contributed by atoms with Crippen LogP contribution < -0.4 is 0 Å². The van der Waals surface area contributed by atoms with Gasteiger partial charge in [0.15, 0.2) is 0 Å². The fraction of sp³-hybridized carbons (Fsp3) is 0.806. The van der Waals surface area contributed by atoms with Crippen molar-refractivity contribution >= 4 is 37.5 Å². The summed E-state index contributed by atoms with van der Waals surface area (Å²) in [5.74, 6) is -0.661. The molecule has 0 aromatic carbocycles. The highest BCUT2D eigenvalue weighted by atomic mass is 31.2. The summed E-state index contributed by atoms with van der Waals surface area (Å²) in [6.45, 7) is 27.8. The Labute approximate surface area is 305 Å². The number of hydrogen-bond acceptors (Lipinski definition) is 12. The van der Waals surface area contributed by atoms with Gasteiger partial charge < -0.3 is 37.8 Å². The molecule has 296 valence electrons. The van der Waals surface area contributed by atoms with E-state index >= 15 is 0 Å². The molecule has 0 atom stereocenters. The van der Waals surface area contributed by atoms with Gasteiger partial charge in [-0.25, -0.2) is 14.4 Å². The number of ketones is 1. The molecular weight excluding hydrogens is 683 g/mol. The lowest BCUT2D eigenvalue weighted by Crippen LogP contribution is -2.41. The summed E-state index contributed by atoms with van der Waals surface area (Å²) in [7, 11) is -3.34. The predicted molar refractivity (Wildman–Crippen MR) is 195 cm³/mol. The topological polar surface area (TPSA) is 164 Å². The highest BCUT2D eigenvalue weighted by Gasteiger charge is 2.31. The molecule has 2 amide bonds. The second kappa shape index (κ2) is 20.9. The first-order chi connectivity index (χ1) is 23.1. The molecule has 0 bridgehead atoms. The third kappa shape index (κ3) is 24.8. The van der Waals surface area contributed by atoms with Gasteiger partial charge in [0, 0.05) is 45.1 Å². The van der Waals surface area contributed by atoms with Gasteiger partial charge in [0.1, 0.15) is 34.3 Å². The van der Waals surface area contributed by atoms with E-state index in [1.807, 2.05) is 62.3 Å². The van der Waals surface area contributed by atoms with Gasteiger partial charge in [-0.05, 0) is 110 Å². The van der Waals surface area contributed by atoms with Crippen molar-refractivity contribution in [1.82, 2.24) is 9.80 Å². The average Bonchev–Trinajstić information content (AvgIpc) is 2.90. The van der Waals surface area contributed by atoms with E-state index in [9.17, 15) is 28.5 Å². The smallest absolute Gasteiger partial charge is 0.410 e. The van der Waals surface area contributed by atoms with Crippen LogP contribution in [0.3, 0.4) is 0 Å². The number of Topliss-reactive ketones (excluding diaryl/α,β-unsaturated/α-hetero) is 1. The van der Waals surface area contributed by atoms with Crippen LogP contribution in [0, 0.1) is 0 Å². The molecule has 15 heteroatoms. The molecule has 0 radical (unpaired) electrons. The van der Waals surface area contributed by atoms with Crippen molar-refractivity contribution in [2.24, 2.45) is 0 Å². The number of likely N-dealkylation sites (tertiary alicyclic amines) is 2. The lowest BCUT2D eigenvalue weighted by molar-refractivity contribution is -0.152. The zero-order valence-corrected chi connectivity index (χ0v) is 34.5. The minimum Gasteiger partial charge on any atom is -0.459 e. The Bertz CT molecular complexity index is 1210. The van der Waals surface area contributed by atoms with Crippen molar-refractivity contribution in [3.05, 3.63) is 11.6 Å². The van der Waals surface area contributed by atoms with Crippen LogP contribution in [0.15, 0.2) is 11.6 Å². The zero-order chi connectivity index (χ0) is 39.8. The van der Waals surface area contributed by atoms with Crippen LogP contribution in [0.4, 0.5) is 9.59 Å². The Balaban J connectivity index is 0.000000753. The first-order valence-corrected chi connectivity index (χ1v) is 19.3. The van der Waals surface area contributed by atoms with E-state index in [0.717, 1.165) is 5.57 Å². The fourth-order valence-electron chi connectivity index (χ4n) is 4.26. The number of piperidine rings is 2. The predicted octanol–water partition coefficient (Wildman–Crippen LogP) is 7.47. The molecule has 2 heterocycles. The number of nitrogens with zero attached hydrogens (tertiary/aromatic N) is 2. The summed E-state index contributed by atoms with van der Waals surface area (Å²) in [4.78, 5) is 60.8. The van der Waals surface area contributed by atoms with Gasteiger partial charge in [-0.1, -0.05) is 5.57 Å². The number of esters is 2. The largest absolute Gasteiger partial charge is 0.459 e. The lowest BCUT2D eigenvalue weighted by atomic mass is 10.0. The van der Waals surface area contributed by atoms with Gasteiger partial charge in [-0.3, -0.25) is 14.2 Å². The summed E-state index contributed by atoms with van der Waals surface area (Å²) in [5, 5.41) is 0. The fourth-order valence-corrected chi connectivity index (χ4v) is 5.69. The monoisotopic (exact) mass is 748 g/mol. The number of hydrogen-bond donors (Lipinski definition) is 0. The lowest BCUT2D eigenvalue weighted by Gasteiger charge is -2.31. The Morgan fingerprint density at radius 2 is 0.961 bits per heavy atom. The summed E-state index contributed by atoms with van der Waals surface area (Å²) >= 11 is 0. The Hall–Kier alpha value is -2.96. The molecule has 0 spiro atoms.